The fraction of sp³-hybridized carbons (Fsp3) is 0. The van der Waals surface area contributed by atoms with Crippen LogP contribution in [-0.4, -0.2) is 0 Å². The Morgan fingerprint density at radius 2 is 0.958 bits per heavy atom. The van der Waals surface area contributed by atoms with E-state index in [4.69, 9.17) is 0 Å². The van der Waals surface area contributed by atoms with E-state index in [-0.39, 0.29) is 0 Å². The number of hydrogen-bond donors (Lipinski definition) is 0. The molecule has 0 saturated heterocycles. The Kier molecular flexibility index (Phi) is 7.07. The van der Waals surface area contributed by atoms with Crippen LogP contribution in [0.1, 0.15) is 0 Å². The number of thiophene rings is 1. The molecule has 2 heteroatoms. The maximum absolute atomic E-state index is 2.44. The summed E-state index contributed by atoms with van der Waals surface area (Å²) in [6.45, 7) is 0. The third-order valence-electron chi connectivity index (χ3n) is 9.28. The van der Waals surface area contributed by atoms with Gasteiger partial charge in [0.2, 0.25) is 0 Å². The predicted molar refractivity (Wildman–Crippen MR) is 208 cm³/mol. The second-order valence-electron chi connectivity index (χ2n) is 12.1. The molecule has 0 radical (unpaired) electrons. The SMILES string of the molecule is c1ccc(-c2ccccc2N(c2ccc(-c3ccc4ccccc4c3)cc2)c2ccccc2-c2cccc3c2sc2ccccc23)cc1. The van der Waals surface area contributed by atoms with Crippen LogP contribution in [-0.2, 0) is 0 Å². The van der Waals surface area contributed by atoms with Gasteiger partial charge in [0.05, 0.1) is 11.4 Å². The van der Waals surface area contributed by atoms with Gasteiger partial charge >= 0.3 is 0 Å². The lowest BCUT2D eigenvalue weighted by Crippen LogP contribution is -2.12. The summed E-state index contributed by atoms with van der Waals surface area (Å²) in [5.41, 5.74) is 10.6. The van der Waals surface area contributed by atoms with E-state index in [9.17, 15) is 0 Å². The lowest BCUT2D eigenvalue weighted by Gasteiger charge is -2.30. The molecule has 0 aliphatic heterocycles. The number of nitrogens with zero attached hydrogens (tertiary/aromatic N) is 1. The lowest BCUT2D eigenvalue weighted by atomic mass is 9.97. The molecular weight excluding hydrogens is 599 g/mol. The van der Waals surface area contributed by atoms with Gasteiger partial charge in [-0.15, -0.1) is 11.3 Å². The molecule has 0 atom stereocenters. The molecule has 0 N–H and O–H groups in total. The first-order chi connectivity index (χ1) is 23.8. The normalized spacial score (nSPS) is 11.3. The standard InChI is InChI=1S/C46H31NS/c1-2-14-34(15-3-1)38-17-6-9-22-43(38)47(37-29-27-33(28-30-37)36-26-25-32-13-4-5-16-35(32)31-36)44-23-10-7-18-39(44)41-20-12-21-42-40-19-8-11-24-45(40)48-46(41)42/h1-31H. The van der Waals surface area contributed by atoms with Crippen LogP contribution in [0, 0.1) is 0 Å². The minimum atomic E-state index is 1.11. The Bertz CT molecular complexity index is 2560. The Labute approximate surface area is 284 Å². The molecule has 0 fully saturated rings. The van der Waals surface area contributed by atoms with Crippen LogP contribution < -0.4 is 4.90 Å². The molecule has 0 aliphatic carbocycles. The van der Waals surface area contributed by atoms with Crippen LogP contribution in [0.5, 0.6) is 0 Å². The number of anilines is 3. The van der Waals surface area contributed by atoms with Crippen molar-refractivity contribution in [3.63, 3.8) is 0 Å². The second-order valence-corrected chi connectivity index (χ2v) is 13.2. The van der Waals surface area contributed by atoms with Crippen LogP contribution in [0.4, 0.5) is 17.1 Å². The zero-order chi connectivity index (χ0) is 31.9. The topological polar surface area (TPSA) is 3.24 Å². The first kappa shape index (κ1) is 28.3. The molecule has 1 heterocycles. The zero-order valence-corrected chi connectivity index (χ0v) is 27.1. The van der Waals surface area contributed by atoms with Gasteiger partial charge in [-0.2, -0.15) is 0 Å². The molecule has 9 aromatic rings. The van der Waals surface area contributed by atoms with E-state index in [0.29, 0.717) is 0 Å². The quantitative estimate of drug-likeness (QED) is 0.177. The van der Waals surface area contributed by atoms with Gasteiger partial charge < -0.3 is 4.90 Å². The summed E-state index contributed by atoms with van der Waals surface area (Å²) in [5.74, 6) is 0. The van der Waals surface area contributed by atoms with Gasteiger partial charge in [0.1, 0.15) is 0 Å². The molecule has 1 aromatic heterocycles. The average molecular weight is 630 g/mol. The van der Waals surface area contributed by atoms with Gasteiger partial charge in [-0.25, -0.2) is 0 Å². The van der Waals surface area contributed by atoms with Crippen molar-refractivity contribution in [1.29, 1.82) is 0 Å². The highest BCUT2D eigenvalue weighted by atomic mass is 32.1. The van der Waals surface area contributed by atoms with Crippen LogP contribution in [0.15, 0.2) is 188 Å². The van der Waals surface area contributed by atoms with E-state index in [1.165, 1.54) is 64.3 Å². The van der Waals surface area contributed by atoms with Crippen LogP contribution in [0.2, 0.25) is 0 Å². The number of para-hydroxylation sites is 2. The highest BCUT2D eigenvalue weighted by Gasteiger charge is 2.22. The van der Waals surface area contributed by atoms with E-state index in [1.807, 2.05) is 11.3 Å². The van der Waals surface area contributed by atoms with Crippen LogP contribution in [0.25, 0.3) is 64.3 Å². The third kappa shape index (κ3) is 4.95. The summed E-state index contributed by atoms with van der Waals surface area (Å²) in [6, 6.07) is 68.1. The first-order valence-corrected chi connectivity index (χ1v) is 17.2. The summed E-state index contributed by atoms with van der Waals surface area (Å²) >= 11 is 1.88. The molecule has 0 amide bonds. The van der Waals surface area contributed by atoms with Gasteiger partial charge in [0, 0.05) is 42.6 Å². The van der Waals surface area contributed by atoms with Gasteiger partial charge in [-0.3, -0.25) is 0 Å². The fourth-order valence-corrected chi connectivity index (χ4v) is 8.20. The number of rotatable bonds is 6. The Morgan fingerprint density at radius 1 is 0.354 bits per heavy atom. The maximum atomic E-state index is 2.44. The molecule has 0 spiro atoms. The van der Waals surface area contributed by atoms with E-state index in [2.05, 4.69) is 193 Å². The van der Waals surface area contributed by atoms with E-state index in [0.717, 1.165) is 17.1 Å². The smallest absolute Gasteiger partial charge is 0.0540 e. The zero-order valence-electron chi connectivity index (χ0n) is 26.3. The summed E-state index contributed by atoms with van der Waals surface area (Å²) in [4.78, 5) is 2.44. The Morgan fingerprint density at radius 3 is 1.79 bits per heavy atom. The van der Waals surface area contributed by atoms with E-state index < -0.39 is 0 Å². The van der Waals surface area contributed by atoms with Gasteiger partial charge in [0.25, 0.3) is 0 Å². The summed E-state index contributed by atoms with van der Waals surface area (Å²) in [5, 5.41) is 5.12. The van der Waals surface area contributed by atoms with Crippen LogP contribution >= 0.6 is 11.3 Å². The molecule has 48 heavy (non-hydrogen) atoms. The monoisotopic (exact) mass is 629 g/mol. The van der Waals surface area contributed by atoms with Crippen molar-refractivity contribution < 1.29 is 0 Å². The maximum Gasteiger partial charge on any atom is 0.0540 e. The van der Waals surface area contributed by atoms with Crippen molar-refractivity contribution in [2.24, 2.45) is 0 Å². The van der Waals surface area contributed by atoms with Crippen molar-refractivity contribution in [2.75, 3.05) is 4.90 Å². The molecule has 8 aromatic carbocycles. The predicted octanol–water partition coefficient (Wildman–Crippen LogP) is 13.7. The molecule has 226 valence electrons. The van der Waals surface area contributed by atoms with Gasteiger partial charge in [-0.1, -0.05) is 152 Å². The molecule has 0 bridgehead atoms. The van der Waals surface area contributed by atoms with Crippen molar-refractivity contribution in [1.82, 2.24) is 0 Å². The van der Waals surface area contributed by atoms with Gasteiger partial charge in [-0.05, 0) is 63.9 Å². The van der Waals surface area contributed by atoms with E-state index in [1.54, 1.807) is 0 Å². The summed E-state index contributed by atoms with van der Waals surface area (Å²) in [6.07, 6.45) is 0. The van der Waals surface area contributed by atoms with Crippen molar-refractivity contribution >= 4 is 59.3 Å². The van der Waals surface area contributed by atoms with Gasteiger partial charge in [0.15, 0.2) is 0 Å². The average Bonchev–Trinajstić information content (AvgIpc) is 3.55. The highest BCUT2D eigenvalue weighted by Crippen LogP contribution is 2.47. The lowest BCUT2D eigenvalue weighted by molar-refractivity contribution is 1.28. The number of hydrogen-bond acceptors (Lipinski definition) is 2. The molecule has 0 saturated carbocycles. The first-order valence-electron chi connectivity index (χ1n) is 16.4. The number of benzene rings is 8. The second kappa shape index (κ2) is 12.0. The Hall–Kier alpha value is -5.96. The molecule has 9 rings (SSSR count). The Balaban J connectivity index is 1.25. The number of fused-ring (bicyclic) bond motifs is 4. The fourth-order valence-electron chi connectivity index (χ4n) is 6.97. The van der Waals surface area contributed by atoms with Crippen molar-refractivity contribution in [3.8, 4) is 33.4 Å². The van der Waals surface area contributed by atoms with Crippen molar-refractivity contribution in [2.45, 2.75) is 0 Å². The summed E-state index contributed by atoms with van der Waals surface area (Å²) < 4.78 is 2.63. The van der Waals surface area contributed by atoms with Crippen molar-refractivity contribution in [3.05, 3.63) is 188 Å². The third-order valence-corrected chi connectivity index (χ3v) is 10.5. The molecule has 0 aliphatic rings. The minimum Gasteiger partial charge on any atom is -0.309 e. The molecular formula is C46H31NS. The summed E-state index contributed by atoms with van der Waals surface area (Å²) in [7, 11) is 0. The molecule has 1 nitrogen and oxygen atoms in total. The van der Waals surface area contributed by atoms with E-state index >= 15 is 0 Å². The molecule has 0 unspecified atom stereocenters. The largest absolute Gasteiger partial charge is 0.309 e. The highest BCUT2D eigenvalue weighted by molar-refractivity contribution is 7.26. The minimum absolute atomic E-state index is 1.11. The van der Waals surface area contributed by atoms with Crippen LogP contribution in [0.3, 0.4) is 0 Å².